The van der Waals surface area contributed by atoms with E-state index in [1.807, 2.05) is 6.07 Å². The molecule has 2 aromatic rings. The Morgan fingerprint density at radius 1 is 1.11 bits per heavy atom. The van der Waals surface area contributed by atoms with E-state index in [1.165, 1.54) is 29.2 Å². The first-order chi connectivity index (χ1) is 8.68. The molecule has 2 aromatic carbocycles. The second-order valence-electron chi connectivity index (χ2n) is 5.46. The van der Waals surface area contributed by atoms with Gasteiger partial charge in [0.1, 0.15) is 5.75 Å². The molecule has 1 fully saturated rings. The summed E-state index contributed by atoms with van der Waals surface area (Å²) in [7, 11) is 1.70. The third kappa shape index (κ3) is 2.34. The topological polar surface area (TPSA) is 21.3 Å². The monoisotopic (exact) mass is 241 g/mol. The molecular formula is C16H19NO. The fraction of sp³-hybridized carbons (Fsp3) is 0.375. The van der Waals surface area contributed by atoms with Crippen LogP contribution in [0.25, 0.3) is 10.8 Å². The van der Waals surface area contributed by atoms with Crippen LogP contribution in [0.4, 0.5) is 0 Å². The van der Waals surface area contributed by atoms with Crippen molar-refractivity contribution in [2.24, 2.45) is 0 Å². The van der Waals surface area contributed by atoms with Crippen LogP contribution in [0.15, 0.2) is 36.4 Å². The van der Waals surface area contributed by atoms with Gasteiger partial charge < -0.3 is 10.1 Å². The summed E-state index contributed by atoms with van der Waals surface area (Å²) in [5.74, 6) is 0.916. The Kier molecular flexibility index (Phi) is 2.75. The minimum absolute atomic E-state index is 0.398. The molecule has 0 atom stereocenters. The van der Waals surface area contributed by atoms with E-state index in [-0.39, 0.29) is 0 Å². The molecule has 0 spiro atoms. The van der Waals surface area contributed by atoms with Gasteiger partial charge in [0.25, 0.3) is 0 Å². The molecule has 0 saturated heterocycles. The highest BCUT2D eigenvalue weighted by molar-refractivity contribution is 5.84. The van der Waals surface area contributed by atoms with Gasteiger partial charge >= 0.3 is 0 Å². The van der Waals surface area contributed by atoms with Crippen molar-refractivity contribution in [1.82, 2.24) is 5.32 Å². The molecule has 0 aliphatic heterocycles. The van der Waals surface area contributed by atoms with Crippen molar-refractivity contribution in [2.45, 2.75) is 31.8 Å². The van der Waals surface area contributed by atoms with Gasteiger partial charge in [0.05, 0.1) is 7.11 Å². The number of rotatable bonds is 4. The maximum atomic E-state index is 5.24. The van der Waals surface area contributed by atoms with Crippen LogP contribution in [0.3, 0.4) is 0 Å². The van der Waals surface area contributed by atoms with E-state index in [0.717, 1.165) is 12.3 Å². The molecule has 3 rings (SSSR count). The minimum Gasteiger partial charge on any atom is -0.497 e. The first-order valence-corrected chi connectivity index (χ1v) is 6.50. The van der Waals surface area contributed by atoms with Gasteiger partial charge in [0.2, 0.25) is 0 Å². The van der Waals surface area contributed by atoms with Gasteiger partial charge in [-0.3, -0.25) is 0 Å². The highest BCUT2D eigenvalue weighted by atomic mass is 16.5. The zero-order valence-corrected chi connectivity index (χ0v) is 11.0. The maximum Gasteiger partial charge on any atom is 0.119 e. The number of benzene rings is 2. The molecule has 0 radical (unpaired) electrons. The largest absolute Gasteiger partial charge is 0.497 e. The van der Waals surface area contributed by atoms with E-state index in [0.29, 0.717) is 5.54 Å². The number of nitrogens with one attached hydrogen (secondary N) is 1. The first kappa shape index (κ1) is 11.5. The Hall–Kier alpha value is -1.54. The molecule has 1 saturated carbocycles. The van der Waals surface area contributed by atoms with Crippen molar-refractivity contribution in [3.05, 3.63) is 42.0 Å². The molecule has 1 aliphatic carbocycles. The van der Waals surface area contributed by atoms with E-state index in [4.69, 9.17) is 4.74 Å². The summed E-state index contributed by atoms with van der Waals surface area (Å²) < 4.78 is 5.24. The SMILES string of the molecule is COc1ccc2cc(CNC3(C)CC3)ccc2c1. The molecule has 0 unspecified atom stereocenters. The van der Waals surface area contributed by atoms with E-state index in [2.05, 4.69) is 42.6 Å². The molecule has 0 aromatic heterocycles. The quantitative estimate of drug-likeness (QED) is 0.884. The fourth-order valence-electron chi connectivity index (χ4n) is 2.19. The zero-order valence-electron chi connectivity index (χ0n) is 11.0. The van der Waals surface area contributed by atoms with Crippen molar-refractivity contribution < 1.29 is 4.74 Å². The summed E-state index contributed by atoms with van der Waals surface area (Å²) in [6.45, 7) is 3.25. The van der Waals surface area contributed by atoms with Crippen molar-refractivity contribution in [3.8, 4) is 5.75 Å². The van der Waals surface area contributed by atoms with Crippen molar-refractivity contribution in [3.63, 3.8) is 0 Å². The van der Waals surface area contributed by atoms with E-state index >= 15 is 0 Å². The molecule has 1 aliphatic rings. The lowest BCUT2D eigenvalue weighted by molar-refractivity contribution is 0.415. The lowest BCUT2D eigenvalue weighted by Crippen LogP contribution is -2.26. The van der Waals surface area contributed by atoms with Crippen LogP contribution in [-0.2, 0) is 6.54 Å². The summed E-state index contributed by atoms with van der Waals surface area (Å²) in [6.07, 6.45) is 2.61. The van der Waals surface area contributed by atoms with Gasteiger partial charge in [-0.1, -0.05) is 18.2 Å². The van der Waals surface area contributed by atoms with Crippen LogP contribution in [0, 0.1) is 0 Å². The molecule has 18 heavy (non-hydrogen) atoms. The summed E-state index contributed by atoms with van der Waals surface area (Å²) in [4.78, 5) is 0. The van der Waals surface area contributed by atoms with E-state index in [9.17, 15) is 0 Å². The van der Waals surface area contributed by atoms with Crippen LogP contribution in [0.5, 0.6) is 5.75 Å². The Labute approximate surface area is 108 Å². The number of methoxy groups -OCH3 is 1. The minimum atomic E-state index is 0.398. The van der Waals surface area contributed by atoms with Crippen LogP contribution >= 0.6 is 0 Å². The Morgan fingerprint density at radius 2 is 1.83 bits per heavy atom. The predicted octanol–water partition coefficient (Wildman–Crippen LogP) is 3.49. The average Bonchev–Trinajstić information content (AvgIpc) is 3.14. The van der Waals surface area contributed by atoms with E-state index < -0.39 is 0 Å². The standard InChI is InChI=1S/C16H19NO/c1-16(7-8-16)17-11-12-3-4-14-10-15(18-2)6-5-13(14)9-12/h3-6,9-10,17H,7-8,11H2,1-2H3. The maximum absolute atomic E-state index is 5.24. The lowest BCUT2D eigenvalue weighted by atomic mass is 10.1. The second kappa shape index (κ2) is 4.29. The molecule has 1 N–H and O–H groups in total. The highest BCUT2D eigenvalue weighted by Crippen LogP contribution is 2.34. The Bertz CT molecular complexity index is 572. The summed E-state index contributed by atoms with van der Waals surface area (Å²) in [6, 6.07) is 12.8. The number of fused-ring (bicyclic) bond motifs is 1. The third-order valence-corrected chi connectivity index (χ3v) is 3.83. The Morgan fingerprint density at radius 3 is 2.56 bits per heavy atom. The lowest BCUT2D eigenvalue weighted by Gasteiger charge is -2.12. The van der Waals surface area contributed by atoms with Gasteiger partial charge in [0.15, 0.2) is 0 Å². The molecule has 0 heterocycles. The number of hydrogen-bond acceptors (Lipinski definition) is 2. The average molecular weight is 241 g/mol. The van der Waals surface area contributed by atoms with Crippen LogP contribution in [0.1, 0.15) is 25.3 Å². The van der Waals surface area contributed by atoms with Gasteiger partial charge in [-0.2, -0.15) is 0 Å². The fourth-order valence-corrected chi connectivity index (χ4v) is 2.19. The van der Waals surface area contributed by atoms with Gasteiger partial charge in [-0.05, 0) is 54.3 Å². The van der Waals surface area contributed by atoms with Gasteiger partial charge in [0, 0.05) is 12.1 Å². The normalized spacial score (nSPS) is 16.8. The Balaban J connectivity index is 1.82. The molecule has 94 valence electrons. The molecule has 0 amide bonds. The summed E-state index contributed by atoms with van der Waals surface area (Å²) >= 11 is 0. The smallest absolute Gasteiger partial charge is 0.119 e. The first-order valence-electron chi connectivity index (χ1n) is 6.50. The van der Waals surface area contributed by atoms with Crippen LogP contribution < -0.4 is 10.1 Å². The van der Waals surface area contributed by atoms with Crippen molar-refractivity contribution >= 4 is 10.8 Å². The molecule has 2 heteroatoms. The zero-order chi connectivity index (χ0) is 12.6. The molecular weight excluding hydrogens is 222 g/mol. The van der Waals surface area contributed by atoms with Crippen molar-refractivity contribution in [2.75, 3.05) is 7.11 Å². The second-order valence-corrected chi connectivity index (χ2v) is 5.46. The number of ether oxygens (including phenoxy) is 1. The van der Waals surface area contributed by atoms with E-state index in [1.54, 1.807) is 7.11 Å². The molecule has 0 bridgehead atoms. The van der Waals surface area contributed by atoms with Crippen molar-refractivity contribution in [1.29, 1.82) is 0 Å². The van der Waals surface area contributed by atoms with Crippen LogP contribution in [-0.4, -0.2) is 12.6 Å². The highest BCUT2D eigenvalue weighted by Gasteiger charge is 2.36. The number of hydrogen-bond donors (Lipinski definition) is 1. The third-order valence-electron chi connectivity index (χ3n) is 3.83. The van der Waals surface area contributed by atoms with Crippen LogP contribution in [0.2, 0.25) is 0 Å². The van der Waals surface area contributed by atoms with Gasteiger partial charge in [-0.15, -0.1) is 0 Å². The predicted molar refractivity (Wildman–Crippen MR) is 75.0 cm³/mol. The summed E-state index contributed by atoms with van der Waals surface area (Å²) in [5, 5.41) is 6.12. The van der Waals surface area contributed by atoms with Gasteiger partial charge in [-0.25, -0.2) is 0 Å². The summed E-state index contributed by atoms with van der Waals surface area (Å²) in [5.41, 5.74) is 1.75. The molecule has 2 nitrogen and oxygen atoms in total.